The molecular formula is C19H17ClF3NO3. The number of amides is 1. The second-order valence-electron chi connectivity index (χ2n) is 6.03. The van der Waals surface area contributed by atoms with Crippen LogP contribution in [0.15, 0.2) is 36.4 Å². The van der Waals surface area contributed by atoms with Crippen LogP contribution in [0, 0.1) is 13.8 Å². The van der Waals surface area contributed by atoms with Crippen molar-refractivity contribution in [1.29, 1.82) is 0 Å². The van der Waals surface area contributed by atoms with E-state index in [2.05, 4.69) is 5.32 Å². The molecule has 2 aromatic rings. The Morgan fingerprint density at radius 3 is 2.33 bits per heavy atom. The SMILES string of the molecule is Cc1ccc(C(=O)OC(C)C(=O)Nc2cc(C(F)(F)F)ccc2Cl)cc1C. The van der Waals surface area contributed by atoms with Crippen LogP contribution in [0.5, 0.6) is 0 Å². The maximum absolute atomic E-state index is 12.8. The van der Waals surface area contributed by atoms with Crippen molar-refractivity contribution >= 4 is 29.2 Å². The summed E-state index contributed by atoms with van der Waals surface area (Å²) in [5.74, 6) is -1.51. The molecule has 144 valence electrons. The summed E-state index contributed by atoms with van der Waals surface area (Å²) >= 11 is 5.84. The van der Waals surface area contributed by atoms with Gasteiger partial charge >= 0.3 is 12.1 Å². The zero-order valence-electron chi connectivity index (χ0n) is 14.8. The summed E-state index contributed by atoms with van der Waals surface area (Å²) in [5.41, 5.74) is 0.983. The van der Waals surface area contributed by atoms with E-state index in [1.54, 1.807) is 18.2 Å². The lowest BCUT2D eigenvalue weighted by Gasteiger charge is -2.16. The zero-order chi connectivity index (χ0) is 20.4. The maximum Gasteiger partial charge on any atom is 0.416 e. The topological polar surface area (TPSA) is 55.4 Å². The van der Waals surface area contributed by atoms with Crippen molar-refractivity contribution in [3.8, 4) is 0 Å². The summed E-state index contributed by atoms with van der Waals surface area (Å²) in [4.78, 5) is 24.3. The molecule has 1 amide bonds. The van der Waals surface area contributed by atoms with Crippen LogP contribution in [0.2, 0.25) is 5.02 Å². The number of rotatable bonds is 4. The van der Waals surface area contributed by atoms with Crippen molar-refractivity contribution in [3.05, 3.63) is 63.7 Å². The Hall–Kier alpha value is -2.54. The molecule has 2 aromatic carbocycles. The van der Waals surface area contributed by atoms with Crippen LogP contribution in [0.25, 0.3) is 0 Å². The number of hydrogen-bond acceptors (Lipinski definition) is 3. The smallest absolute Gasteiger partial charge is 0.416 e. The van der Waals surface area contributed by atoms with E-state index >= 15 is 0 Å². The van der Waals surface area contributed by atoms with Crippen LogP contribution in [-0.4, -0.2) is 18.0 Å². The van der Waals surface area contributed by atoms with E-state index in [9.17, 15) is 22.8 Å². The number of ether oxygens (including phenoxy) is 1. The van der Waals surface area contributed by atoms with E-state index < -0.39 is 29.7 Å². The minimum atomic E-state index is -4.58. The van der Waals surface area contributed by atoms with Gasteiger partial charge in [0, 0.05) is 0 Å². The first-order valence-corrected chi connectivity index (χ1v) is 8.32. The lowest BCUT2D eigenvalue weighted by atomic mass is 10.1. The quantitative estimate of drug-likeness (QED) is 0.722. The van der Waals surface area contributed by atoms with Gasteiger partial charge in [-0.05, 0) is 62.2 Å². The van der Waals surface area contributed by atoms with Gasteiger partial charge in [0.1, 0.15) is 0 Å². The van der Waals surface area contributed by atoms with Crippen LogP contribution >= 0.6 is 11.6 Å². The maximum atomic E-state index is 12.8. The van der Waals surface area contributed by atoms with Crippen molar-refractivity contribution in [2.45, 2.75) is 33.1 Å². The Labute approximate surface area is 159 Å². The normalized spacial score (nSPS) is 12.4. The third-order valence-corrected chi connectivity index (χ3v) is 4.28. The molecular weight excluding hydrogens is 383 g/mol. The van der Waals surface area contributed by atoms with Gasteiger partial charge in [-0.25, -0.2) is 4.79 Å². The molecule has 27 heavy (non-hydrogen) atoms. The van der Waals surface area contributed by atoms with Gasteiger partial charge in [0.2, 0.25) is 0 Å². The average molecular weight is 400 g/mol. The molecule has 0 heterocycles. The molecule has 4 nitrogen and oxygen atoms in total. The predicted octanol–water partition coefficient (Wildman–Crippen LogP) is 5.16. The molecule has 0 bridgehead atoms. The van der Waals surface area contributed by atoms with Crippen molar-refractivity contribution in [2.75, 3.05) is 5.32 Å². The first kappa shape index (κ1) is 20.8. The van der Waals surface area contributed by atoms with Gasteiger partial charge in [-0.2, -0.15) is 13.2 Å². The van der Waals surface area contributed by atoms with E-state index in [1.165, 1.54) is 6.92 Å². The largest absolute Gasteiger partial charge is 0.449 e. The van der Waals surface area contributed by atoms with E-state index in [1.807, 2.05) is 13.8 Å². The molecule has 1 N–H and O–H groups in total. The molecule has 0 radical (unpaired) electrons. The Balaban J connectivity index is 2.09. The highest BCUT2D eigenvalue weighted by molar-refractivity contribution is 6.33. The van der Waals surface area contributed by atoms with Gasteiger partial charge in [0.25, 0.3) is 5.91 Å². The summed E-state index contributed by atoms with van der Waals surface area (Å²) in [6.45, 7) is 5.03. The molecule has 2 rings (SSSR count). The molecule has 0 aliphatic rings. The Kier molecular flexibility index (Phi) is 6.15. The number of alkyl halides is 3. The molecule has 0 spiro atoms. The molecule has 0 saturated heterocycles. The number of esters is 1. The van der Waals surface area contributed by atoms with Gasteiger partial charge in [-0.1, -0.05) is 17.7 Å². The molecule has 8 heteroatoms. The monoisotopic (exact) mass is 399 g/mol. The molecule has 0 aliphatic carbocycles. The van der Waals surface area contributed by atoms with Gasteiger partial charge in [0.15, 0.2) is 6.10 Å². The summed E-state index contributed by atoms with van der Waals surface area (Å²) < 4.78 is 43.5. The number of carbonyl (C=O) groups excluding carboxylic acids is 2. The minimum Gasteiger partial charge on any atom is -0.449 e. The van der Waals surface area contributed by atoms with Crippen molar-refractivity contribution < 1.29 is 27.5 Å². The van der Waals surface area contributed by atoms with Crippen molar-refractivity contribution in [1.82, 2.24) is 0 Å². The van der Waals surface area contributed by atoms with Crippen LogP contribution in [0.3, 0.4) is 0 Å². The number of aryl methyl sites for hydroxylation is 2. The van der Waals surface area contributed by atoms with E-state index in [0.717, 1.165) is 29.3 Å². The number of anilines is 1. The molecule has 0 saturated carbocycles. The summed E-state index contributed by atoms with van der Waals surface area (Å²) in [7, 11) is 0. The molecule has 0 fully saturated rings. The predicted molar refractivity (Wildman–Crippen MR) is 95.9 cm³/mol. The van der Waals surface area contributed by atoms with Gasteiger partial charge < -0.3 is 10.1 Å². The van der Waals surface area contributed by atoms with E-state index in [4.69, 9.17) is 16.3 Å². The molecule has 0 aromatic heterocycles. The van der Waals surface area contributed by atoms with E-state index in [-0.39, 0.29) is 16.3 Å². The lowest BCUT2D eigenvalue weighted by molar-refractivity contribution is -0.137. The van der Waals surface area contributed by atoms with Crippen LogP contribution in [-0.2, 0) is 15.7 Å². The molecule has 0 aliphatic heterocycles. The summed E-state index contributed by atoms with van der Waals surface area (Å²) in [6, 6.07) is 7.51. The standard InChI is InChI=1S/C19H17ClF3NO3/c1-10-4-5-13(8-11(10)2)18(26)27-12(3)17(25)24-16-9-14(19(21,22)23)6-7-15(16)20/h4-9,12H,1-3H3,(H,24,25). The number of benzene rings is 2. The fraction of sp³-hybridized carbons (Fsp3) is 0.263. The van der Waals surface area contributed by atoms with Crippen LogP contribution in [0.4, 0.5) is 18.9 Å². The fourth-order valence-corrected chi connectivity index (χ4v) is 2.35. The highest BCUT2D eigenvalue weighted by atomic mass is 35.5. The third-order valence-electron chi connectivity index (χ3n) is 3.95. The molecule has 1 unspecified atom stereocenters. The van der Waals surface area contributed by atoms with E-state index in [0.29, 0.717) is 0 Å². The lowest BCUT2D eigenvalue weighted by Crippen LogP contribution is -2.30. The number of carbonyl (C=O) groups is 2. The highest BCUT2D eigenvalue weighted by Crippen LogP contribution is 2.33. The third kappa shape index (κ3) is 5.23. The van der Waals surface area contributed by atoms with Gasteiger partial charge in [-0.15, -0.1) is 0 Å². The Morgan fingerprint density at radius 1 is 1.07 bits per heavy atom. The zero-order valence-corrected chi connectivity index (χ0v) is 15.5. The second-order valence-corrected chi connectivity index (χ2v) is 6.44. The van der Waals surface area contributed by atoms with Gasteiger partial charge in [0.05, 0.1) is 21.8 Å². The second kappa shape index (κ2) is 8.00. The number of hydrogen-bond donors (Lipinski definition) is 1. The van der Waals surface area contributed by atoms with Crippen LogP contribution in [0.1, 0.15) is 34.0 Å². The van der Waals surface area contributed by atoms with Gasteiger partial charge in [-0.3, -0.25) is 4.79 Å². The molecule has 1 atom stereocenters. The first-order valence-electron chi connectivity index (χ1n) is 7.95. The Bertz CT molecular complexity index is 881. The average Bonchev–Trinajstić information content (AvgIpc) is 2.58. The fourth-order valence-electron chi connectivity index (χ4n) is 2.18. The number of halogens is 4. The van der Waals surface area contributed by atoms with Crippen LogP contribution < -0.4 is 5.32 Å². The van der Waals surface area contributed by atoms with Crippen molar-refractivity contribution in [2.24, 2.45) is 0 Å². The highest BCUT2D eigenvalue weighted by Gasteiger charge is 2.31. The van der Waals surface area contributed by atoms with Crippen molar-refractivity contribution in [3.63, 3.8) is 0 Å². The first-order chi connectivity index (χ1) is 12.5. The number of nitrogens with one attached hydrogen (secondary N) is 1. The summed E-state index contributed by atoms with van der Waals surface area (Å²) in [6.07, 6.45) is -5.81. The minimum absolute atomic E-state index is 0.0657. The summed E-state index contributed by atoms with van der Waals surface area (Å²) in [5, 5.41) is 2.19. The Morgan fingerprint density at radius 2 is 1.74 bits per heavy atom.